The summed E-state index contributed by atoms with van der Waals surface area (Å²) in [4.78, 5) is 0. The van der Waals surface area contributed by atoms with Crippen LogP contribution in [0.3, 0.4) is 0 Å². The molecule has 0 radical (unpaired) electrons. The molecule has 0 saturated heterocycles. The fourth-order valence-corrected chi connectivity index (χ4v) is 1.22. The van der Waals surface area contributed by atoms with Crippen molar-refractivity contribution in [3.8, 4) is 17.6 Å². The Hall–Kier alpha value is -0.690. The van der Waals surface area contributed by atoms with Gasteiger partial charge in [-0.25, -0.2) is 0 Å². The van der Waals surface area contributed by atoms with Crippen molar-refractivity contribution in [1.82, 2.24) is 0 Å². The zero-order valence-corrected chi connectivity index (χ0v) is 9.88. The molecule has 0 N–H and O–H groups in total. The Morgan fingerprint density at radius 1 is 1.46 bits per heavy atom. The van der Waals surface area contributed by atoms with Crippen LogP contribution in [0.4, 0.5) is 0 Å². The summed E-state index contributed by atoms with van der Waals surface area (Å²) in [6, 6.07) is 6.00. The van der Waals surface area contributed by atoms with Crippen LogP contribution in [0, 0.1) is 18.8 Å². The minimum absolute atomic E-state index is 0.855. The predicted molar refractivity (Wildman–Crippen MR) is 63.5 cm³/mol. The van der Waals surface area contributed by atoms with Gasteiger partial charge in [-0.15, -0.1) is 0 Å². The van der Waals surface area contributed by atoms with Crippen molar-refractivity contribution >= 4 is 22.6 Å². The predicted octanol–water partition coefficient (Wildman–Crippen LogP) is 2.79. The van der Waals surface area contributed by atoms with E-state index in [0.717, 1.165) is 21.3 Å². The SMILES string of the molecule is COc1cc(C#CCI)ccc1C. The molecule has 0 bridgehead atoms. The number of hydrogen-bond acceptors (Lipinski definition) is 1. The van der Waals surface area contributed by atoms with Crippen molar-refractivity contribution in [2.75, 3.05) is 11.5 Å². The summed E-state index contributed by atoms with van der Waals surface area (Å²) in [6.45, 7) is 2.02. The van der Waals surface area contributed by atoms with E-state index >= 15 is 0 Å². The van der Waals surface area contributed by atoms with E-state index in [0.29, 0.717) is 0 Å². The molecule has 1 nitrogen and oxygen atoms in total. The van der Waals surface area contributed by atoms with Crippen LogP contribution in [-0.2, 0) is 0 Å². The third-order valence-electron chi connectivity index (χ3n) is 1.71. The standard InChI is InChI=1S/C11H11IO/c1-9-5-6-10(4-3-7-12)8-11(9)13-2/h5-6,8H,7H2,1-2H3. The van der Waals surface area contributed by atoms with Gasteiger partial charge in [0.05, 0.1) is 11.5 Å². The van der Waals surface area contributed by atoms with E-state index in [4.69, 9.17) is 4.74 Å². The Bertz CT molecular complexity index is 347. The lowest BCUT2D eigenvalue weighted by molar-refractivity contribution is 0.411. The van der Waals surface area contributed by atoms with Crippen molar-refractivity contribution < 1.29 is 4.74 Å². The minimum atomic E-state index is 0.855. The first-order chi connectivity index (χ1) is 6.27. The molecule has 2 heteroatoms. The van der Waals surface area contributed by atoms with Crippen LogP contribution >= 0.6 is 22.6 Å². The number of rotatable bonds is 1. The van der Waals surface area contributed by atoms with Gasteiger partial charge in [-0.1, -0.05) is 40.5 Å². The molecule has 0 spiro atoms. The van der Waals surface area contributed by atoms with Crippen LogP contribution in [0.15, 0.2) is 18.2 Å². The molecule has 0 atom stereocenters. The van der Waals surface area contributed by atoms with Gasteiger partial charge in [-0.2, -0.15) is 0 Å². The molecular weight excluding hydrogens is 275 g/mol. The average Bonchev–Trinajstić information content (AvgIpc) is 2.16. The summed E-state index contributed by atoms with van der Waals surface area (Å²) in [7, 11) is 1.68. The maximum Gasteiger partial charge on any atom is 0.123 e. The van der Waals surface area contributed by atoms with Crippen LogP contribution < -0.4 is 4.74 Å². The highest BCUT2D eigenvalue weighted by atomic mass is 127. The lowest BCUT2D eigenvalue weighted by Crippen LogP contribution is -1.87. The minimum Gasteiger partial charge on any atom is -0.496 e. The van der Waals surface area contributed by atoms with Crippen LogP contribution in [-0.4, -0.2) is 11.5 Å². The number of alkyl halides is 1. The number of benzene rings is 1. The Labute approximate surface area is 92.6 Å². The lowest BCUT2D eigenvalue weighted by Gasteiger charge is -2.03. The molecule has 0 aliphatic carbocycles. The summed E-state index contributed by atoms with van der Waals surface area (Å²) in [5, 5.41) is 0. The van der Waals surface area contributed by atoms with E-state index in [-0.39, 0.29) is 0 Å². The van der Waals surface area contributed by atoms with Crippen molar-refractivity contribution in [3.63, 3.8) is 0 Å². The zero-order chi connectivity index (χ0) is 9.68. The summed E-state index contributed by atoms with van der Waals surface area (Å²) in [6.07, 6.45) is 0. The molecule has 0 amide bonds. The van der Waals surface area contributed by atoms with E-state index < -0.39 is 0 Å². The van der Waals surface area contributed by atoms with Gasteiger partial charge in [0.25, 0.3) is 0 Å². The Morgan fingerprint density at radius 3 is 2.85 bits per heavy atom. The highest BCUT2D eigenvalue weighted by molar-refractivity contribution is 14.1. The Balaban J connectivity index is 2.99. The lowest BCUT2D eigenvalue weighted by atomic mass is 10.1. The highest BCUT2D eigenvalue weighted by Gasteiger charge is 1.97. The van der Waals surface area contributed by atoms with Crippen LogP contribution in [0.2, 0.25) is 0 Å². The van der Waals surface area contributed by atoms with E-state index in [1.165, 1.54) is 0 Å². The summed E-state index contributed by atoms with van der Waals surface area (Å²) >= 11 is 2.23. The van der Waals surface area contributed by atoms with E-state index in [1.54, 1.807) is 7.11 Å². The second-order valence-corrected chi connectivity index (χ2v) is 3.38. The van der Waals surface area contributed by atoms with Gasteiger partial charge in [0.15, 0.2) is 0 Å². The molecule has 0 aliphatic rings. The average molecular weight is 286 g/mol. The normalized spacial score (nSPS) is 8.85. The zero-order valence-electron chi connectivity index (χ0n) is 7.73. The number of ether oxygens (including phenoxy) is 1. The fourth-order valence-electron chi connectivity index (χ4n) is 1.03. The fraction of sp³-hybridized carbons (Fsp3) is 0.273. The molecule has 68 valence electrons. The molecule has 0 unspecified atom stereocenters. The van der Waals surface area contributed by atoms with E-state index in [9.17, 15) is 0 Å². The van der Waals surface area contributed by atoms with Crippen LogP contribution in [0.1, 0.15) is 11.1 Å². The first-order valence-electron chi connectivity index (χ1n) is 3.97. The molecule has 13 heavy (non-hydrogen) atoms. The van der Waals surface area contributed by atoms with Gasteiger partial charge in [0.2, 0.25) is 0 Å². The molecule has 0 aromatic heterocycles. The highest BCUT2D eigenvalue weighted by Crippen LogP contribution is 2.18. The second kappa shape index (κ2) is 5.13. The molecule has 1 aromatic rings. The Morgan fingerprint density at radius 2 is 2.23 bits per heavy atom. The smallest absolute Gasteiger partial charge is 0.123 e. The van der Waals surface area contributed by atoms with Crippen molar-refractivity contribution in [2.24, 2.45) is 0 Å². The van der Waals surface area contributed by atoms with Gasteiger partial charge >= 0.3 is 0 Å². The molecule has 0 heterocycles. The third-order valence-corrected chi connectivity index (χ3v) is 2.09. The molecule has 0 fully saturated rings. The van der Waals surface area contributed by atoms with Gasteiger partial charge in [-0.05, 0) is 24.6 Å². The number of hydrogen-bond donors (Lipinski definition) is 0. The number of aryl methyl sites for hydroxylation is 1. The quantitative estimate of drug-likeness (QED) is 0.438. The first kappa shape index (κ1) is 10.4. The molecular formula is C11H11IO. The number of methoxy groups -OCH3 is 1. The largest absolute Gasteiger partial charge is 0.496 e. The van der Waals surface area contributed by atoms with Crippen molar-refractivity contribution in [2.45, 2.75) is 6.92 Å². The van der Waals surface area contributed by atoms with Gasteiger partial charge in [-0.3, -0.25) is 0 Å². The van der Waals surface area contributed by atoms with E-state index in [1.807, 2.05) is 25.1 Å². The third kappa shape index (κ3) is 2.92. The van der Waals surface area contributed by atoms with Gasteiger partial charge in [0, 0.05) is 5.56 Å². The monoisotopic (exact) mass is 286 g/mol. The van der Waals surface area contributed by atoms with Crippen molar-refractivity contribution in [1.29, 1.82) is 0 Å². The van der Waals surface area contributed by atoms with Gasteiger partial charge in [0.1, 0.15) is 5.75 Å². The first-order valence-corrected chi connectivity index (χ1v) is 5.50. The van der Waals surface area contributed by atoms with Gasteiger partial charge < -0.3 is 4.74 Å². The molecule has 1 rings (SSSR count). The molecule has 0 aliphatic heterocycles. The topological polar surface area (TPSA) is 9.23 Å². The summed E-state index contributed by atoms with van der Waals surface area (Å²) in [5.74, 6) is 6.98. The second-order valence-electron chi connectivity index (χ2n) is 2.62. The van der Waals surface area contributed by atoms with Crippen LogP contribution in [0.25, 0.3) is 0 Å². The van der Waals surface area contributed by atoms with Crippen LogP contribution in [0.5, 0.6) is 5.75 Å². The summed E-state index contributed by atoms with van der Waals surface area (Å²) < 4.78 is 6.05. The maximum absolute atomic E-state index is 5.20. The van der Waals surface area contributed by atoms with E-state index in [2.05, 4.69) is 34.4 Å². The van der Waals surface area contributed by atoms with Crippen molar-refractivity contribution in [3.05, 3.63) is 29.3 Å². The maximum atomic E-state index is 5.20. The molecule has 1 aromatic carbocycles. The Kier molecular flexibility index (Phi) is 4.10. The molecule has 0 saturated carbocycles. The number of halogens is 1. The summed E-state index contributed by atoms with van der Waals surface area (Å²) in [5.41, 5.74) is 2.15.